The number of unbranched alkanes of at least 4 members (excludes halogenated alkanes) is 3. The lowest BCUT2D eigenvalue weighted by Gasteiger charge is -2.16. The molecule has 0 aliphatic heterocycles. The van der Waals surface area contributed by atoms with Gasteiger partial charge in [0.1, 0.15) is 0 Å². The zero-order chi connectivity index (χ0) is 24.6. The zero-order valence-corrected chi connectivity index (χ0v) is 19.3. The van der Waals surface area contributed by atoms with Gasteiger partial charge < -0.3 is 35.3 Å². The normalized spacial score (nSPS) is 10.2. The van der Waals surface area contributed by atoms with Gasteiger partial charge in [0.15, 0.2) is 11.5 Å². The molecule has 0 saturated heterocycles. The third-order valence-corrected chi connectivity index (χ3v) is 4.27. The van der Waals surface area contributed by atoms with Gasteiger partial charge in [0.25, 0.3) is 0 Å². The molecule has 1 aromatic rings. The number of carboxylic acids is 1. The van der Waals surface area contributed by atoms with Gasteiger partial charge in [0.2, 0.25) is 5.75 Å². The molecule has 0 spiro atoms. The Balaban J connectivity index is 3.25. The molecule has 0 aromatic heterocycles. The van der Waals surface area contributed by atoms with E-state index in [0.717, 1.165) is 31.4 Å². The third-order valence-electron chi connectivity index (χ3n) is 4.27. The molecule has 0 fully saturated rings. The van der Waals surface area contributed by atoms with E-state index in [1.165, 1.54) is 0 Å². The van der Waals surface area contributed by atoms with E-state index in [1.807, 2.05) is 20.8 Å². The quantitative estimate of drug-likeness (QED) is 0.317. The Bertz CT molecular complexity index is 768. The molecule has 11 nitrogen and oxygen atoms in total. The lowest BCUT2D eigenvalue weighted by molar-refractivity contribution is 0.0695. The first-order chi connectivity index (χ1) is 15.8. The summed E-state index contributed by atoms with van der Waals surface area (Å²) in [6.07, 6.45) is 2.02. The highest BCUT2D eigenvalue weighted by molar-refractivity contribution is 5.91. The number of carboxylic acid groups (broad SMARTS) is 1. The summed E-state index contributed by atoms with van der Waals surface area (Å²) in [6, 6.07) is 2.02. The Morgan fingerprint density at radius 2 is 1.06 bits per heavy atom. The van der Waals surface area contributed by atoms with Gasteiger partial charge in [-0.15, -0.1) is 0 Å². The fourth-order valence-corrected chi connectivity index (χ4v) is 2.45. The number of benzene rings is 1. The molecule has 0 unspecified atom stereocenters. The summed E-state index contributed by atoms with van der Waals surface area (Å²) < 4.78 is 15.7. The number of nitrogens with one attached hydrogen (secondary N) is 3. The fraction of sp³-hybridized carbons (Fsp3) is 0.545. The first kappa shape index (κ1) is 27.5. The molecule has 1 rings (SSSR count). The highest BCUT2D eigenvalue weighted by Gasteiger charge is 2.24. The minimum atomic E-state index is -1.36. The number of carbonyl (C=O) groups is 4. The van der Waals surface area contributed by atoms with Crippen molar-refractivity contribution in [3.63, 3.8) is 0 Å². The highest BCUT2D eigenvalue weighted by Crippen LogP contribution is 2.39. The van der Waals surface area contributed by atoms with Crippen LogP contribution in [0.25, 0.3) is 0 Å². The van der Waals surface area contributed by atoms with E-state index in [9.17, 15) is 24.3 Å². The number of ether oxygens (including phenoxy) is 3. The van der Waals surface area contributed by atoms with Crippen molar-refractivity contribution < 1.29 is 38.5 Å². The highest BCUT2D eigenvalue weighted by atomic mass is 16.6. The Hall–Kier alpha value is -3.50. The predicted octanol–water partition coefficient (Wildman–Crippen LogP) is 4.05. The average Bonchev–Trinajstić information content (AvgIpc) is 2.76. The van der Waals surface area contributed by atoms with Crippen LogP contribution in [-0.4, -0.2) is 49.0 Å². The molecule has 0 bridgehead atoms. The van der Waals surface area contributed by atoms with Crippen molar-refractivity contribution in [2.24, 2.45) is 0 Å². The van der Waals surface area contributed by atoms with Crippen molar-refractivity contribution in [3.8, 4) is 17.2 Å². The average molecular weight is 468 g/mol. The van der Waals surface area contributed by atoms with Gasteiger partial charge >= 0.3 is 24.2 Å². The fourth-order valence-electron chi connectivity index (χ4n) is 2.45. The minimum Gasteiger partial charge on any atom is -0.478 e. The first-order valence-electron chi connectivity index (χ1n) is 11.1. The monoisotopic (exact) mass is 467 g/mol. The number of amides is 3. The van der Waals surface area contributed by atoms with Crippen LogP contribution in [0.5, 0.6) is 17.2 Å². The Morgan fingerprint density at radius 1 is 0.697 bits per heavy atom. The number of hydrogen-bond donors (Lipinski definition) is 4. The van der Waals surface area contributed by atoms with Gasteiger partial charge in [-0.05, 0) is 31.4 Å². The molecule has 11 heteroatoms. The van der Waals surface area contributed by atoms with Crippen molar-refractivity contribution in [2.45, 2.75) is 59.3 Å². The van der Waals surface area contributed by atoms with Gasteiger partial charge in [-0.2, -0.15) is 0 Å². The van der Waals surface area contributed by atoms with Crippen LogP contribution < -0.4 is 30.2 Å². The van der Waals surface area contributed by atoms with Gasteiger partial charge in [0, 0.05) is 19.6 Å². The van der Waals surface area contributed by atoms with Gasteiger partial charge in [-0.3, -0.25) is 0 Å². The second-order valence-electron chi connectivity index (χ2n) is 7.12. The van der Waals surface area contributed by atoms with E-state index in [0.29, 0.717) is 38.9 Å². The van der Waals surface area contributed by atoms with Crippen LogP contribution in [-0.2, 0) is 0 Å². The van der Waals surface area contributed by atoms with Crippen LogP contribution >= 0.6 is 0 Å². The largest absolute Gasteiger partial charge is 0.478 e. The van der Waals surface area contributed by atoms with Gasteiger partial charge in [-0.25, -0.2) is 19.2 Å². The molecule has 33 heavy (non-hydrogen) atoms. The van der Waals surface area contributed by atoms with E-state index in [-0.39, 0.29) is 17.1 Å². The van der Waals surface area contributed by atoms with E-state index >= 15 is 0 Å². The summed E-state index contributed by atoms with van der Waals surface area (Å²) in [7, 11) is 0. The SMILES string of the molecule is CCCCNC(=O)Oc1cc(C(=O)O)cc(OC(=O)NCCCC)c1OC(=O)NCCCC. The summed E-state index contributed by atoms with van der Waals surface area (Å²) in [5.74, 6) is -2.52. The summed E-state index contributed by atoms with van der Waals surface area (Å²) in [5, 5.41) is 17.0. The smallest absolute Gasteiger partial charge is 0.412 e. The van der Waals surface area contributed by atoms with Crippen molar-refractivity contribution in [1.82, 2.24) is 16.0 Å². The molecule has 0 aliphatic rings. The standard InChI is InChI=1S/C22H33N3O8/c1-4-7-10-23-20(28)31-16-13-15(19(26)27)14-17(32-21(29)24-11-8-5-2)18(16)33-22(30)25-12-9-6-3/h13-14H,4-12H2,1-3H3,(H,23,28)(H,24,29)(H,25,30)(H,26,27). The van der Waals surface area contributed by atoms with Gasteiger partial charge in [-0.1, -0.05) is 40.0 Å². The van der Waals surface area contributed by atoms with Crippen LogP contribution in [0.2, 0.25) is 0 Å². The summed E-state index contributed by atoms with van der Waals surface area (Å²) >= 11 is 0. The maximum atomic E-state index is 12.2. The Morgan fingerprint density at radius 3 is 1.39 bits per heavy atom. The Labute approximate surface area is 193 Å². The first-order valence-corrected chi connectivity index (χ1v) is 11.1. The van der Waals surface area contributed by atoms with Gasteiger partial charge in [0.05, 0.1) is 5.56 Å². The molecular formula is C22H33N3O8. The molecule has 184 valence electrons. The molecular weight excluding hydrogens is 434 g/mol. The molecule has 0 radical (unpaired) electrons. The molecule has 0 atom stereocenters. The minimum absolute atomic E-state index is 0.332. The van der Waals surface area contributed by atoms with Crippen LogP contribution in [0.4, 0.5) is 14.4 Å². The summed E-state index contributed by atoms with van der Waals surface area (Å²) in [5.41, 5.74) is -0.332. The molecule has 3 amide bonds. The zero-order valence-electron chi connectivity index (χ0n) is 19.3. The van der Waals surface area contributed by atoms with Crippen molar-refractivity contribution in [2.75, 3.05) is 19.6 Å². The molecule has 0 saturated carbocycles. The van der Waals surface area contributed by atoms with E-state index in [4.69, 9.17) is 14.2 Å². The van der Waals surface area contributed by atoms with Crippen molar-refractivity contribution in [3.05, 3.63) is 17.7 Å². The lowest BCUT2D eigenvalue weighted by Crippen LogP contribution is -2.31. The van der Waals surface area contributed by atoms with Crippen molar-refractivity contribution in [1.29, 1.82) is 0 Å². The maximum absolute atomic E-state index is 12.2. The summed E-state index contributed by atoms with van der Waals surface area (Å²) in [4.78, 5) is 48.2. The second-order valence-corrected chi connectivity index (χ2v) is 7.12. The molecule has 1 aromatic carbocycles. The lowest BCUT2D eigenvalue weighted by atomic mass is 10.2. The third kappa shape index (κ3) is 10.6. The number of rotatable bonds is 13. The van der Waals surface area contributed by atoms with E-state index in [1.54, 1.807) is 0 Å². The topological polar surface area (TPSA) is 152 Å². The number of aromatic carboxylic acids is 1. The Kier molecular flexibility index (Phi) is 12.8. The number of hydrogen-bond acceptors (Lipinski definition) is 7. The molecule has 0 heterocycles. The summed E-state index contributed by atoms with van der Waals surface area (Å²) in [6.45, 7) is 6.85. The van der Waals surface area contributed by atoms with E-state index in [2.05, 4.69) is 16.0 Å². The van der Waals surface area contributed by atoms with Crippen LogP contribution in [0.15, 0.2) is 12.1 Å². The van der Waals surface area contributed by atoms with E-state index < -0.39 is 30.0 Å². The molecule has 0 aliphatic carbocycles. The molecule has 4 N–H and O–H groups in total. The van der Waals surface area contributed by atoms with Crippen LogP contribution in [0.3, 0.4) is 0 Å². The second kappa shape index (κ2) is 15.3. The predicted molar refractivity (Wildman–Crippen MR) is 120 cm³/mol. The van der Waals surface area contributed by atoms with Crippen molar-refractivity contribution >= 4 is 24.2 Å². The van der Waals surface area contributed by atoms with Crippen LogP contribution in [0.1, 0.15) is 69.7 Å². The van der Waals surface area contributed by atoms with Crippen LogP contribution in [0, 0.1) is 0 Å². The maximum Gasteiger partial charge on any atom is 0.412 e. The number of carbonyl (C=O) groups excluding carboxylic acids is 3.